The Morgan fingerprint density at radius 3 is 0.375 bits per heavy atom. The van der Waals surface area contributed by atoms with Gasteiger partial charge in [0.1, 0.15) is 0 Å². The third kappa shape index (κ3) is 688. The third-order valence-electron chi connectivity index (χ3n) is 0. The molecule has 0 amide bonds. The van der Waals surface area contributed by atoms with Crippen LogP contribution in [0.1, 0.15) is 0 Å². The summed E-state index contributed by atoms with van der Waals surface area (Å²) in [7, 11) is 0. The number of rotatable bonds is 0. The first-order chi connectivity index (χ1) is 6.00. The van der Waals surface area contributed by atoms with E-state index in [9.17, 15) is 0 Å². The summed E-state index contributed by atoms with van der Waals surface area (Å²) in [6.45, 7) is 28.5. The van der Waals surface area contributed by atoms with Gasteiger partial charge in [0.25, 0.3) is 0 Å². The molecule has 0 aliphatic rings. The molecule has 0 atom stereocenters. The molecule has 0 spiro atoms. The molecule has 0 aromatic carbocycles. The van der Waals surface area contributed by atoms with E-state index in [4.69, 9.17) is 71.0 Å². The van der Waals surface area contributed by atoms with Crippen molar-refractivity contribution in [3.63, 3.8) is 0 Å². The van der Waals surface area contributed by atoms with Crippen LogP contribution in [0.4, 0.5) is 0 Å². The van der Waals surface area contributed by atoms with Gasteiger partial charge in [0.2, 0.25) is 0 Å². The fourth-order valence-corrected chi connectivity index (χ4v) is 0. The predicted molar refractivity (Wildman–Crippen MR) is 34.8 cm³/mol. The van der Waals surface area contributed by atoms with Gasteiger partial charge in [0.15, 0.2) is 0 Å². The molecule has 0 bridgehead atoms. The Bertz CT molecular complexity index is 99.1. The Kier molecular flexibility index (Phi) is 7240. The second kappa shape index (κ2) is 879. The molecule has 0 saturated carbocycles. The van der Waals surface area contributed by atoms with E-state index in [-0.39, 0.29) is 57.4 Å². The number of hydrogen-bond donors (Lipinski definition) is 1. The molecule has 7 nitrogen and oxygen atoms in total. The summed E-state index contributed by atoms with van der Waals surface area (Å²) >= 11 is 0. The summed E-state index contributed by atoms with van der Waals surface area (Å²) in [6, 6.07) is 0. The summed E-state index contributed by atoms with van der Waals surface area (Å²) in [6.07, 6.45) is 0. The van der Waals surface area contributed by atoms with Crippen molar-refractivity contribution in [1.29, 1.82) is 31.6 Å². The molecular formula is C6H3Fe3N7. The van der Waals surface area contributed by atoms with Gasteiger partial charge in [0, 0.05) is 34.1 Å². The zero-order valence-corrected chi connectivity index (χ0v) is 10.8. The van der Waals surface area contributed by atoms with Gasteiger partial charge in [0.05, 0.1) is 0 Å². The molecular weight excluding hydrogens is 338 g/mol. The van der Waals surface area contributed by atoms with Crippen LogP contribution < -0.4 is 6.15 Å². The summed E-state index contributed by atoms with van der Waals surface area (Å²) in [5.74, 6) is 0. The smallest absolute Gasteiger partial charge is 0.512 e. The maximum Gasteiger partial charge on any atom is 6.00 e. The Hall–Kier alpha value is -1.54. The van der Waals surface area contributed by atoms with Crippen molar-refractivity contribution in [2.45, 2.75) is 0 Å². The van der Waals surface area contributed by atoms with Gasteiger partial charge in [-0.15, -0.1) is 0 Å². The van der Waals surface area contributed by atoms with Crippen molar-refractivity contribution in [2.24, 2.45) is 0 Å². The van der Waals surface area contributed by atoms with E-state index in [1.807, 2.05) is 0 Å². The van der Waals surface area contributed by atoms with Crippen LogP contribution in [0, 0.1) is 71.0 Å². The van der Waals surface area contributed by atoms with Crippen LogP contribution in [0.2, 0.25) is 0 Å². The minimum atomic E-state index is 0. The Morgan fingerprint density at radius 2 is 0.375 bits per heavy atom. The van der Waals surface area contributed by atoms with Crippen molar-refractivity contribution < 1.29 is 51.2 Å². The summed E-state index contributed by atoms with van der Waals surface area (Å²) in [4.78, 5) is 0. The average Bonchev–Trinajstić information content (AvgIpc) is 2.33. The summed E-state index contributed by atoms with van der Waals surface area (Å²) in [5.41, 5.74) is 0. The van der Waals surface area contributed by atoms with E-state index >= 15 is 0 Å². The van der Waals surface area contributed by atoms with Crippen molar-refractivity contribution in [2.75, 3.05) is 0 Å². The molecule has 0 aromatic rings. The molecule has 0 rings (SSSR count). The van der Waals surface area contributed by atoms with E-state index < -0.39 is 0 Å². The van der Waals surface area contributed by atoms with Crippen LogP contribution in [-0.2, 0) is 51.2 Å². The molecule has 10 heteroatoms. The third-order valence-corrected chi connectivity index (χ3v) is 0. The van der Waals surface area contributed by atoms with Crippen LogP contribution in [0.15, 0.2) is 0 Å². The van der Waals surface area contributed by atoms with Crippen molar-refractivity contribution >= 4 is 0 Å². The van der Waals surface area contributed by atoms with Crippen LogP contribution in [0.25, 0.3) is 0 Å². The molecule has 86 valence electrons. The first kappa shape index (κ1) is 132. The SMILES string of the molecule is N.[C-]#N.[C-]#N.[C-]#N.[C-]#N.[C-]#N.[C-]#N.[Fe+6].[Fe].[Fe]. The Balaban J connectivity index is -0.00000000321. The molecule has 0 aliphatic carbocycles. The minimum absolute atomic E-state index is 0. The zero-order chi connectivity index (χ0) is 12.0. The summed E-state index contributed by atoms with van der Waals surface area (Å²) < 4.78 is 0. The predicted octanol–water partition coefficient (Wildman–Crippen LogP) is 0.733. The van der Waals surface area contributed by atoms with Gasteiger partial charge >= 0.3 is 17.1 Å². The Morgan fingerprint density at radius 1 is 0.375 bits per heavy atom. The molecule has 0 heterocycles. The summed E-state index contributed by atoms with van der Waals surface area (Å²) in [5, 5.41) is 37.5. The normalized spacial score (nSPS) is 0.750. The van der Waals surface area contributed by atoms with Crippen LogP contribution in [0.3, 0.4) is 0 Å². The van der Waals surface area contributed by atoms with Gasteiger partial charge in [-0.05, 0) is 0 Å². The molecule has 0 aliphatic heterocycles. The van der Waals surface area contributed by atoms with Crippen LogP contribution >= 0.6 is 0 Å². The molecule has 0 aromatic heterocycles. The Labute approximate surface area is 128 Å². The van der Waals surface area contributed by atoms with Gasteiger partial charge in [-0.25, -0.2) is 0 Å². The number of hydrogen-bond acceptors (Lipinski definition) is 7. The van der Waals surface area contributed by atoms with E-state index in [1.54, 1.807) is 0 Å². The average molecular weight is 341 g/mol. The second-order valence-electron chi connectivity index (χ2n) is 0. The van der Waals surface area contributed by atoms with Crippen molar-refractivity contribution in [3.05, 3.63) is 39.4 Å². The topological polar surface area (TPSA) is 178 Å². The molecule has 3 N–H and O–H groups in total. The number of nitrogens with zero attached hydrogens (tertiary/aromatic N) is 6. The zero-order valence-electron chi connectivity index (χ0n) is 7.45. The molecule has 0 unspecified atom stereocenters. The quantitative estimate of drug-likeness (QED) is 0.498. The molecule has 0 fully saturated rings. The first-order valence-electron chi connectivity index (χ1n) is 1.34. The fraction of sp³-hybridized carbons (Fsp3) is 0. The maximum absolute atomic E-state index is 6.25. The fourth-order valence-electron chi connectivity index (χ4n) is 0. The van der Waals surface area contributed by atoms with Crippen LogP contribution in [0.5, 0.6) is 0 Å². The van der Waals surface area contributed by atoms with Gasteiger partial charge in [-0.1, -0.05) is 0 Å². The van der Waals surface area contributed by atoms with E-state index in [0.717, 1.165) is 0 Å². The van der Waals surface area contributed by atoms with Gasteiger partial charge in [-0.3, -0.25) is 0 Å². The monoisotopic (exact) mass is 341 g/mol. The van der Waals surface area contributed by atoms with Gasteiger partial charge < -0.3 is 77.2 Å². The van der Waals surface area contributed by atoms with E-state index in [0.29, 0.717) is 0 Å². The molecule has 0 radical (unpaired) electrons. The van der Waals surface area contributed by atoms with Gasteiger partial charge in [-0.2, -0.15) is 0 Å². The van der Waals surface area contributed by atoms with E-state index in [2.05, 4.69) is 0 Å². The largest absolute Gasteiger partial charge is 6.00 e. The van der Waals surface area contributed by atoms with Crippen LogP contribution in [-0.4, -0.2) is 0 Å². The molecule has 16 heavy (non-hydrogen) atoms. The second-order valence-corrected chi connectivity index (χ2v) is 0. The maximum atomic E-state index is 6.25. The minimum Gasteiger partial charge on any atom is -0.512 e. The van der Waals surface area contributed by atoms with Crippen molar-refractivity contribution in [1.82, 2.24) is 6.15 Å². The standard InChI is InChI=1S/6CN.3Fe.H3N/c6*1-2;;;;/h;;;;;;;;;1H3/q6*-1;;;+6;. The van der Waals surface area contributed by atoms with E-state index in [1.165, 1.54) is 0 Å². The first-order valence-corrected chi connectivity index (χ1v) is 1.34. The molecule has 0 saturated heterocycles. The van der Waals surface area contributed by atoms with Crippen molar-refractivity contribution in [3.8, 4) is 0 Å².